The Morgan fingerprint density at radius 3 is 2.58 bits per heavy atom. The number of benzene rings is 2. The van der Waals surface area contributed by atoms with Crippen LogP contribution in [0.25, 0.3) is 0 Å². The van der Waals surface area contributed by atoms with Gasteiger partial charge in [0.1, 0.15) is 5.75 Å². The molecule has 3 rings (SSSR count). The first-order valence-electron chi connectivity index (χ1n) is 8.43. The van der Waals surface area contributed by atoms with Crippen LogP contribution in [0.15, 0.2) is 54.6 Å². The van der Waals surface area contributed by atoms with Gasteiger partial charge in [-0.15, -0.1) is 5.10 Å². The van der Waals surface area contributed by atoms with Crippen LogP contribution >= 0.6 is 0 Å². The maximum Gasteiger partial charge on any atom is 0.227 e. The van der Waals surface area contributed by atoms with E-state index in [0.717, 1.165) is 17.7 Å². The van der Waals surface area contributed by atoms with E-state index in [1.165, 1.54) is 5.56 Å². The lowest BCUT2D eigenvalue weighted by Crippen LogP contribution is -2.26. The molecule has 2 aromatic carbocycles. The van der Waals surface area contributed by atoms with Gasteiger partial charge in [-0.1, -0.05) is 42.5 Å². The zero-order valence-electron chi connectivity index (χ0n) is 14.6. The molecular weight excluding hydrogens is 330 g/mol. The van der Waals surface area contributed by atoms with Crippen molar-refractivity contribution in [3.8, 4) is 5.75 Å². The Bertz CT molecular complexity index is 831. The van der Waals surface area contributed by atoms with Crippen molar-refractivity contribution < 1.29 is 9.53 Å². The topological polar surface area (TPSA) is 81.9 Å². The molecule has 134 valence electrons. The Morgan fingerprint density at radius 1 is 1.08 bits per heavy atom. The zero-order valence-corrected chi connectivity index (χ0v) is 14.6. The van der Waals surface area contributed by atoms with Crippen LogP contribution in [0.2, 0.25) is 0 Å². The van der Waals surface area contributed by atoms with Crippen LogP contribution in [-0.2, 0) is 30.7 Å². The van der Waals surface area contributed by atoms with E-state index in [9.17, 15) is 4.79 Å². The summed E-state index contributed by atoms with van der Waals surface area (Å²) in [4.78, 5) is 12.2. The van der Waals surface area contributed by atoms with Crippen molar-refractivity contribution in [2.45, 2.75) is 25.9 Å². The van der Waals surface area contributed by atoms with Crippen molar-refractivity contribution in [3.63, 3.8) is 0 Å². The maximum atomic E-state index is 12.2. The highest BCUT2D eigenvalue weighted by atomic mass is 16.5. The minimum Gasteiger partial charge on any atom is -0.497 e. The summed E-state index contributed by atoms with van der Waals surface area (Å²) in [6, 6.07) is 17.7. The number of hydrogen-bond acceptors (Lipinski definition) is 5. The van der Waals surface area contributed by atoms with Gasteiger partial charge in [0, 0.05) is 13.1 Å². The van der Waals surface area contributed by atoms with Gasteiger partial charge in [0.05, 0.1) is 13.5 Å². The molecule has 0 unspecified atom stereocenters. The van der Waals surface area contributed by atoms with Crippen LogP contribution in [0.3, 0.4) is 0 Å². The average Bonchev–Trinajstić information content (AvgIpc) is 3.13. The molecule has 1 amide bonds. The molecule has 0 saturated carbocycles. The highest BCUT2D eigenvalue weighted by Crippen LogP contribution is 2.11. The van der Waals surface area contributed by atoms with E-state index in [4.69, 9.17) is 4.74 Å². The van der Waals surface area contributed by atoms with Crippen molar-refractivity contribution in [2.24, 2.45) is 0 Å². The fraction of sp³-hybridized carbons (Fsp3) is 0.263. The molecule has 1 N–H and O–H groups in total. The normalized spacial score (nSPS) is 10.5. The van der Waals surface area contributed by atoms with Crippen molar-refractivity contribution >= 4 is 5.91 Å². The summed E-state index contributed by atoms with van der Waals surface area (Å²) in [6.45, 7) is 1.09. The highest BCUT2D eigenvalue weighted by Gasteiger charge is 2.11. The van der Waals surface area contributed by atoms with Gasteiger partial charge in [-0.2, -0.15) is 0 Å². The summed E-state index contributed by atoms with van der Waals surface area (Å²) in [7, 11) is 1.62. The van der Waals surface area contributed by atoms with E-state index in [-0.39, 0.29) is 12.3 Å². The average molecular weight is 351 g/mol. The zero-order chi connectivity index (χ0) is 18.2. The molecule has 1 aromatic heterocycles. The lowest BCUT2D eigenvalue weighted by Gasteiger charge is -2.07. The van der Waals surface area contributed by atoms with E-state index in [2.05, 4.69) is 33.0 Å². The Kier molecular flexibility index (Phi) is 5.92. The first-order valence-corrected chi connectivity index (χ1v) is 8.43. The minimum absolute atomic E-state index is 0.114. The van der Waals surface area contributed by atoms with Crippen LogP contribution in [0, 0.1) is 0 Å². The van der Waals surface area contributed by atoms with Crippen molar-refractivity contribution in [1.29, 1.82) is 0 Å². The first kappa shape index (κ1) is 17.6. The van der Waals surface area contributed by atoms with Gasteiger partial charge < -0.3 is 10.1 Å². The standard InChI is InChI=1S/C19H21N5O2/c1-26-17-9-7-16(8-10-17)14-20-19(25)13-18-21-22-23-24(18)12-11-15-5-3-2-4-6-15/h2-10H,11-14H2,1H3,(H,20,25). The highest BCUT2D eigenvalue weighted by molar-refractivity contribution is 5.77. The number of hydrogen-bond donors (Lipinski definition) is 1. The fourth-order valence-electron chi connectivity index (χ4n) is 2.55. The number of rotatable bonds is 8. The molecule has 0 fully saturated rings. The number of aromatic nitrogens is 4. The summed E-state index contributed by atoms with van der Waals surface area (Å²) in [5.41, 5.74) is 2.21. The molecule has 0 saturated heterocycles. The van der Waals surface area contributed by atoms with Crippen LogP contribution in [0.5, 0.6) is 5.75 Å². The van der Waals surface area contributed by atoms with Crippen molar-refractivity contribution in [3.05, 3.63) is 71.5 Å². The number of carbonyl (C=O) groups is 1. The van der Waals surface area contributed by atoms with Crippen LogP contribution < -0.4 is 10.1 Å². The van der Waals surface area contributed by atoms with E-state index in [1.54, 1.807) is 11.8 Å². The first-order chi connectivity index (χ1) is 12.7. The van der Waals surface area contributed by atoms with Crippen molar-refractivity contribution in [1.82, 2.24) is 25.5 Å². The molecule has 26 heavy (non-hydrogen) atoms. The second kappa shape index (κ2) is 8.75. The molecule has 0 bridgehead atoms. The largest absolute Gasteiger partial charge is 0.497 e. The molecule has 0 aliphatic carbocycles. The molecule has 0 atom stereocenters. The van der Waals surface area contributed by atoms with Gasteiger partial charge >= 0.3 is 0 Å². The number of methoxy groups -OCH3 is 1. The molecule has 0 radical (unpaired) electrons. The monoisotopic (exact) mass is 351 g/mol. The van der Waals surface area contributed by atoms with Gasteiger partial charge in [0.15, 0.2) is 5.82 Å². The van der Waals surface area contributed by atoms with Crippen LogP contribution in [-0.4, -0.2) is 33.2 Å². The number of nitrogens with one attached hydrogen (secondary N) is 1. The van der Waals surface area contributed by atoms with Crippen LogP contribution in [0.1, 0.15) is 17.0 Å². The summed E-state index contributed by atoms with van der Waals surface area (Å²) >= 11 is 0. The Hall–Kier alpha value is -3.22. The summed E-state index contributed by atoms with van der Waals surface area (Å²) in [5.74, 6) is 1.24. The number of aryl methyl sites for hydroxylation is 2. The number of amides is 1. The number of nitrogens with zero attached hydrogens (tertiary/aromatic N) is 4. The third-order valence-corrected chi connectivity index (χ3v) is 4.03. The predicted molar refractivity (Wildman–Crippen MR) is 96.5 cm³/mol. The molecule has 7 heteroatoms. The molecular formula is C19H21N5O2. The van der Waals surface area contributed by atoms with Gasteiger partial charge in [0.2, 0.25) is 5.91 Å². The lowest BCUT2D eigenvalue weighted by molar-refractivity contribution is -0.120. The molecule has 1 heterocycles. The van der Waals surface area contributed by atoms with Gasteiger partial charge in [0.25, 0.3) is 0 Å². The minimum atomic E-state index is -0.114. The third-order valence-electron chi connectivity index (χ3n) is 4.03. The molecule has 0 spiro atoms. The fourth-order valence-corrected chi connectivity index (χ4v) is 2.55. The lowest BCUT2D eigenvalue weighted by atomic mass is 10.1. The number of ether oxygens (including phenoxy) is 1. The molecule has 7 nitrogen and oxygen atoms in total. The Labute approximate surface area is 152 Å². The second-order valence-electron chi connectivity index (χ2n) is 5.86. The second-order valence-corrected chi connectivity index (χ2v) is 5.86. The SMILES string of the molecule is COc1ccc(CNC(=O)Cc2nnnn2CCc2ccccc2)cc1. The molecule has 3 aromatic rings. The van der Waals surface area contributed by atoms with E-state index in [1.807, 2.05) is 42.5 Å². The summed E-state index contributed by atoms with van der Waals surface area (Å²) in [6.07, 6.45) is 0.963. The molecule has 0 aliphatic heterocycles. The third kappa shape index (κ3) is 4.89. The predicted octanol–water partition coefficient (Wildman–Crippen LogP) is 1.78. The smallest absolute Gasteiger partial charge is 0.227 e. The van der Waals surface area contributed by atoms with E-state index < -0.39 is 0 Å². The molecule has 0 aliphatic rings. The van der Waals surface area contributed by atoms with Crippen LogP contribution in [0.4, 0.5) is 0 Å². The van der Waals surface area contributed by atoms with Gasteiger partial charge in [-0.3, -0.25) is 4.79 Å². The number of tetrazole rings is 1. The quantitative estimate of drug-likeness (QED) is 0.669. The Balaban J connectivity index is 1.50. The van der Waals surface area contributed by atoms with Gasteiger partial charge in [-0.05, 0) is 40.1 Å². The summed E-state index contributed by atoms with van der Waals surface area (Å²) in [5, 5.41) is 14.5. The number of carbonyl (C=O) groups excluding carboxylic acids is 1. The van der Waals surface area contributed by atoms with E-state index >= 15 is 0 Å². The summed E-state index contributed by atoms with van der Waals surface area (Å²) < 4.78 is 6.80. The van der Waals surface area contributed by atoms with E-state index in [0.29, 0.717) is 18.9 Å². The Morgan fingerprint density at radius 2 is 1.85 bits per heavy atom. The van der Waals surface area contributed by atoms with Gasteiger partial charge in [-0.25, -0.2) is 4.68 Å². The van der Waals surface area contributed by atoms with Crippen molar-refractivity contribution in [2.75, 3.05) is 7.11 Å². The maximum absolute atomic E-state index is 12.2.